The molecule has 2 N–H and O–H groups in total. The van der Waals surface area contributed by atoms with Gasteiger partial charge in [0.2, 0.25) is 0 Å². The third-order valence-corrected chi connectivity index (χ3v) is 7.78. The van der Waals surface area contributed by atoms with Crippen molar-refractivity contribution in [3.63, 3.8) is 0 Å². The van der Waals surface area contributed by atoms with Gasteiger partial charge in [-0.3, -0.25) is 4.79 Å². The lowest BCUT2D eigenvalue weighted by atomic mass is 9.84. The van der Waals surface area contributed by atoms with Crippen LogP contribution in [0.15, 0.2) is 59.5 Å². The number of thioether (sulfide) groups is 1. The number of amides is 1. The Morgan fingerprint density at radius 2 is 1.86 bits per heavy atom. The Morgan fingerprint density at radius 1 is 1.20 bits per heavy atom. The van der Waals surface area contributed by atoms with Gasteiger partial charge in [0.1, 0.15) is 6.29 Å². The van der Waals surface area contributed by atoms with Crippen molar-refractivity contribution in [2.45, 2.75) is 64.0 Å². The van der Waals surface area contributed by atoms with Gasteiger partial charge in [-0.15, -0.1) is 11.8 Å². The number of carbonyl (C=O) groups is 2. The average Bonchev–Trinajstić information content (AvgIpc) is 2.85. The number of aldehydes is 1. The molecule has 3 rings (SSSR count). The molecule has 2 aromatic rings. The van der Waals surface area contributed by atoms with Crippen LogP contribution in [0, 0.1) is 18.8 Å². The van der Waals surface area contributed by atoms with Crippen molar-refractivity contribution in [1.82, 2.24) is 10.2 Å². The largest absolute Gasteiger partial charge is 0.390 e. The summed E-state index contributed by atoms with van der Waals surface area (Å²) in [6.07, 6.45) is 3.75. The van der Waals surface area contributed by atoms with E-state index in [1.807, 2.05) is 49.4 Å². The van der Waals surface area contributed by atoms with E-state index in [0.717, 1.165) is 35.8 Å². The molecule has 192 valence electrons. The molecular weight excluding hydrogens is 456 g/mol. The molecule has 35 heavy (non-hydrogen) atoms. The lowest BCUT2D eigenvalue weighted by Gasteiger charge is -2.39. The summed E-state index contributed by atoms with van der Waals surface area (Å²) in [5, 5.41) is 14.4. The van der Waals surface area contributed by atoms with E-state index in [1.54, 1.807) is 11.8 Å². The lowest BCUT2D eigenvalue weighted by Crippen LogP contribution is -2.52. The van der Waals surface area contributed by atoms with Gasteiger partial charge in [0, 0.05) is 29.3 Å². The Bertz CT molecular complexity index is 893. The third kappa shape index (κ3) is 9.79. The van der Waals surface area contributed by atoms with Crippen LogP contribution in [0.4, 0.5) is 0 Å². The second-order valence-electron chi connectivity index (χ2n) is 9.40. The topological polar surface area (TPSA) is 69.6 Å². The molecule has 5 nitrogen and oxygen atoms in total. The smallest absolute Gasteiger partial charge is 0.251 e. The van der Waals surface area contributed by atoms with Gasteiger partial charge in [-0.25, -0.2) is 0 Å². The minimum atomic E-state index is -0.616. The summed E-state index contributed by atoms with van der Waals surface area (Å²) in [5.41, 5.74) is 1.62. The van der Waals surface area contributed by atoms with Gasteiger partial charge >= 0.3 is 0 Å². The second-order valence-corrected chi connectivity index (χ2v) is 10.5. The van der Waals surface area contributed by atoms with Gasteiger partial charge in [0.15, 0.2) is 0 Å². The predicted molar refractivity (Wildman–Crippen MR) is 146 cm³/mol. The van der Waals surface area contributed by atoms with Crippen LogP contribution in [-0.4, -0.2) is 59.7 Å². The van der Waals surface area contributed by atoms with Crippen molar-refractivity contribution < 1.29 is 14.7 Å². The van der Waals surface area contributed by atoms with Crippen LogP contribution in [0.1, 0.15) is 56.0 Å². The van der Waals surface area contributed by atoms with Crippen LogP contribution in [0.2, 0.25) is 0 Å². The number of nitrogens with zero attached hydrogens (tertiary/aromatic N) is 1. The number of piperidine rings is 1. The summed E-state index contributed by atoms with van der Waals surface area (Å²) in [6, 6.07) is 17.5. The van der Waals surface area contributed by atoms with E-state index in [2.05, 4.69) is 36.2 Å². The standard InChI is InChI=1S/C27H38N2O2S.C2H4O/c1-4-10-22-17-29(16-15-20(22)2)18-26(30)25(19-32-23-12-6-5-7-13-23)28-27(31)24-14-9-8-11-21(24)3;1-2-3/h5-9,11-14,20,22,25-26,30H,4,10,15-19H2,1-3H3,(H,28,31);2H,1H3/t20?,22?,25-,26+;/m0./s1. The molecule has 2 unspecified atom stereocenters. The molecule has 4 atom stereocenters. The van der Waals surface area contributed by atoms with Crippen molar-refractivity contribution in [3.05, 3.63) is 65.7 Å². The first kappa shape index (κ1) is 29.1. The Morgan fingerprint density at radius 3 is 2.51 bits per heavy atom. The molecule has 0 radical (unpaired) electrons. The number of nitrogens with one attached hydrogen (secondary N) is 1. The monoisotopic (exact) mass is 498 g/mol. The zero-order valence-electron chi connectivity index (χ0n) is 21.7. The van der Waals surface area contributed by atoms with Crippen molar-refractivity contribution >= 4 is 24.0 Å². The van der Waals surface area contributed by atoms with Gasteiger partial charge in [-0.1, -0.05) is 56.7 Å². The summed E-state index contributed by atoms with van der Waals surface area (Å²) < 4.78 is 0. The highest BCUT2D eigenvalue weighted by molar-refractivity contribution is 7.99. The van der Waals surface area contributed by atoms with Crippen LogP contribution >= 0.6 is 11.8 Å². The normalized spacial score (nSPS) is 19.7. The third-order valence-electron chi connectivity index (χ3n) is 6.65. The number of likely N-dealkylation sites (tertiary alicyclic amines) is 1. The van der Waals surface area contributed by atoms with E-state index in [4.69, 9.17) is 4.79 Å². The molecule has 0 spiro atoms. The fourth-order valence-electron chi connectivity index (χ4n) is 4.55. The highest BCUT2D eigenvalue weighted by Gasteiger charge is 2.30. The molecule has 0 bridgehead atoms. The van der Waals surface area contributed by atoms with Gasteiger partial charge in [-0.05, 0) is 68.8 Å². The van der Waals surface area contributed by atoms with Crippen molar-refractivity contribution in [3.8, 4) is 0 Å². The quantitative estimate of drug-likeness (QED) is 0.348. The van der Waals surface area contributed by atoms with E-state index in [0.29, 0.717) is 23.8 Å². The fourth-order valence-corrected chi connectivity index (χ4v) is 5.58. The molecule has 2 aromatic carbocycles. The SMILES string of the molecule is CC=O.CCCC1CN(C[C@@H](O)[C@H](CSc2ccccc2)NC(=O)c2ccccc2C)CCC1C. The summed E-state index contributed by atoms with van der Waals surface area (Å²) >= 11 is 1.68. The maximum atomic E-state index is 13.0. The van der Waals surface area contributed by atoms with Gasteiger partial charge < -0.3 is 20.1 Å². The van der Waals surface area contributed by atoms with E-state index < -0.39 is 6.10 Å². The van der Waals surface area contributed by atoms with Crippen molar-refractivity contribution in [2.75, 3.05) is 25.4 Å². The maximum Gasteiger partial charge on any atom is 0.251 e. The Labute approximate surface area is 215 Å². The fraction of sp³-hybridized carbons (Fsp3) is 0.517. The average molecular weight is 499 g/mol. The number of β-amino-alcohol motifs (C(OH)–C–C–N with tert-alkyl or cyclic N) is 1. The van der Waals surface area contributed by atoms with E-state index in [9.17, 15) is 9.90 Å². The summed E-state index contributed by atoms with van der Waals surface area (Å²) in [7, 11) is 0. The second kappa shape index (κ2) is 15.8. The van der Waals surface area contributed by atoms with Crippen LogP contribution in [0.3, 0.4) is 0 Å². The maximum absolute atomic E-state index is 13.0. The molecule has 0 aliphatic carbocycles. The van der Waals surface area contributed by atoms with Gasteiger partial charge in [0.25, 0.3) is 5.91 Å². The molecule has 1 heterocycles. The van der Waals surface area contributed by atoms with Gasteiger partial charge in [0.05, 0.1) is 12.1 Å². The van der Waals surface area contributed by atoms with E-state index >= 15 is 0 Å². The molecule has 1 saturated heterocycles. The molecule has 6 heteroatoms. The lowest BCUT2D eigenvalue weighted by molar-refractivity contribution is -0.106. The van der Waals surface area contributed by atoms with Crippen LogP contribution in [-0.2, 0) is 4.79 Å². The molecule has 1 aliphatic heterocycles. The summed E-state index contributed by atoms with van der Waals surface area (Å²) in [5.74, 6) is 1.95. The molecule has 1 fully saturated rings. The molecule has 1 aliphatic rings. The summed E-state index contributed by atoms with van der Waals surface area (Å²) in [6.45, 7) is 10.6. The van der Waals surface area contributed by atoms with Crippen LogP contribution < -0.4 is 5.32 Å². The highest BCUT2D eigenvalue weighted by atomic mass is 32.2. The molecule has 0 aromatic heterocycles. The number of hydrogen-bond donors (Lipinski definition) is 2. The summed E-state index contributed by atoms with van der Waals surface area (Å²) in [4.78, 5) is 25.4. The Balaban J connectivity index is 0.00000137. The molecular formula is C29H42N2O3S. The molecule has 0 saturated carbocycles. The zero-order chi connectivity index (χ0) is 25.6. The minimum absolute atomic E-state index is 0.114. The Hall–Kier alpha value is -2.15. The highest BCUT2D eigenvalue weighted by Crippen LogP contribution is 2.27. The van der Waals surface area contributed by atoms with E-state index in [1.165, 1.54) is 26.2 Å². The van der Waals surface area contributed by atoms with Crippen molar-refractivity contribution in [1.29, 1.82) is 0 Å². The van der Waals surface area contributed by atoms with Crippen molar-refractivity contribution in [2.24, 2.45) is 11.8 Å². The Kier molecular flexibility index (Phi) is 13.1. The number of hydrogen-bond acceptors (Lipinski definition) is 5. The number of rotatable bonds is 10. The number of aryl methyl sites for hydroxylation is 1. The number of carbonyl (C=O) groups excluding carboxylic acids is 2. The van der Waals surface area contributed by atoms with Crippen LogP contribution in [0.5, 0.6) is 0 Å². The first-order chi connectivity index (χ1) is 16.9. The zero-order valence-corrected chi connectivity index (χ0v) is 22.5. The first-order valence-corrected chi connectivity index (χ1v) is 13.7. The number of aliphatic hydroxyl groups excluding tert-OH is 1. The van der Waals surface area contributed by atoms with Crippen LogP contribution in [0.25, 0.3) is 0 Å². The number of aliphatic hydroxyl groups is 1. The molecule has 1 amide bonds. The number of benzene rings is 2. The minimum Gasteiger partial charge on any atom is -0.390 e. The predicted octanol–water partition coefficient (Wildman–Crippen LogP) is 5.21. The van der Waals surface area contributed by atoms with Gasteiger partial charge in [-0.2, -0.15) is 0 Å². The first-order valence-electron chi connectivity index (χ1n) is 12.7. The van der Waals surface area contributed by atoms with E-state index in [-0.39, 0.29) is 11.9 Å².